The van der Waals surface area contributed by atoms with Crippen molar-refractivity contribution in [1.82, 2.24) is 4.90 Å². The fourth-order valence-corrected chi connectivity index (χ4v) is 4.24. The average molecular weight is 381 g/mol. The zero-order valence-electron chi connectivity index (χ0n) is 17.8. The molecule has 0 unspecified atom stereocenters. The molecule has 0 radical (unpaired) electrons. The Morgan fingerprint density at radius 1 is 1.11 bits per heavy atom. The molecule has 1 amide bonds. The number of likely N-dealkylation sites (tertiary alicyclic amines) is 1. The first-order valence-corrected chi connectivity index (χ1v) is 10.0. The van der Waals surface area contributed by atoms with Crippen molar-refractivity contribution in [1.29, 1.82) is 0 Å². The molecule has 0 N–H and O–H groups in total. The van der Waals surface area contributed by atoms with Crippen molar-refractivity contribution in [2.45, 2.75) is 103 Å². The summed E-state index contributed by atoms with van der Waals surface area (Å²) in [6.07, 6.45) is 4.03. The highest BCUT2D eigenvalue weighted by atomic mass is 19.1. The van der Waals surface area contributed by atoms with Gasteiger partial charge in [0.05, 0.1) is 16.7 Å². The number of carbonyl (C=O) groups excluding carboxylic acids is 1. The largest absolute Gasteiger partial charge is 0.525 e. The van der Waals surface area contributed by atoms with Crippen molar-refractivity contribution in [2.75, 3.05) is 6.54 Å². The topological polar surface area (TPSA) is 48.0 Å². The predicted octanol–water partition coefficient (Wildman–Crippen LogP) is 4.80. The van der Waals surface area contributed by atoms with Gasteiger partial charge in [0.15, 0.2) is 0 Å². The van der Waals surface area contributed by atoms with E-state index in [1.54, 1.807) is 4.90 Å². The highest BCUT2D eigenvalue weighted by molar-refractivity contribution is 6.53. The third kappa shape index (κ3) is 3.77. The Morgan fingerprint density at radius 3 is 2.11 bits per heavy atom. The van der Waals surface area contributed by atoms with Gasteiger partial charge in [0.25, 0.3) is 0 Å². The maximum atomic E-state index is 15.4. The van der Waals surface area contributed by atoms with Gasteiger partial charge in [-0.05, 0) is 73.3 Å². The number of halogens is 1. The molecule has 3 aliphatic rings. The van der Waals surface area contributed by atoms with Crippen LogP contribution in [-0.2, 0) is 14.0 Å². The van der Waals surface area contributed by atoms with Gasteiger partial charge in [-0.3, -0.25) is 4.90 Å². The van der Waals surface area contributed by atoms with E-state index in [0.717, 1.165) is 25.7 Å². The number of rotatable bonds is 1. The van der Waals surface area contributed by atoms with Gasteiger partial charge in [-0.1, -0.05) is 12.8 Å². The van der Waals surface area contributed by atoms with Gasteiger partial charge in [0.1, 0.15) is 11.3 Å². The lowest BCUT2D eigenvalue weighted by atomic mass is 9.82. The number of ether oxygens (including phenoxy) is 1. The molecule has 3 rings (SSSR count). The van der Waals surface area contributed by atoms with Crippen LogP contribution >= 0.6 is 0 Å². The summed E-state index contributed by atoms with van der Waals surface area (Å²) in [7, 11) is -1.01. The predicted molar refractivity (Wildman–Crippen MR) is 103 cm³/mol. The summed E-state index contributed by atoms with van der Waals surface area (Å²) in [6.45, 7) is 13.4. The Hall–Kier alpha value is -1.08. The van der Waals surface area contributed by atoms with E-state index in [9.17, 15) is 4.79 Å². The van der Waals surface area contributed by atoms with E-state index in [2.05, 4.69) is 0 Å². The molecule has 0 bridgehead atoms. The van der Waals surface area contributed by atoms with Crippen LogP contribution in [0, 0.1) is 0 Å². The highest BCUT2D eigenvalue weighted by Crippen LogP contribution is 2.48. The van der Waals surface area contributed by atoms with Crippen LogP contribution in [-0.4, -0.2) is 47.0 Å². The maximum absolute atomic E-state index is 15.4. The van der Waals surface area contributed by atoms with Crippen molar-refractivity contribution in [3.8, 4) is 0 Å². The van der Waals surface area contributed by atoms with Crippen LogP contribution in [0.2, 0.25) is 0 Å². The van der Waals surface area contributed by atoms with Gasteiger partial charge in [0, 0.05) is 6.54 Å². The second-order valence-electron chi connectivity index (χ2n) is 10.2. The van der Waals surface area contributed by atoms with Crippen LogP contribution in [0.15, 0.2) is 11.3 Å². The SMILES string of the molecule is CC(C)(C)OC(=O)N1CC(=C(F)B2OC(C)(C)C(C)(C)O2)CC12CCCC2. The van der Waals surface area contributed by atoms with Crippen molar-refractivity contribution >= 4 is 13.2 Å². The minimum atomic E-state index is -1.01. The lowest BCUT2D eigenvalue weighted by molar-refractivity contribution is 0.00578. The van der Waals surface area contributed by atoms with Gasteiger partial charge < -0.3 is 14.0 Å². The Bertz CT molecular complexity index is 631. The molecule has 2 heterocycles. The zero-order chi connectivity index (χ0) is 20.3. The Balaban J connectivity index is 1.86. The summed E-state index contributed by atoms with van der Waals surface area (Å²) in [5.41, 5.74) is -1.88. The third-order valence-electron chi connectivity index (χ3n) is 6.41. The smallest absolute Gasteiger partial charge is 0.444 e. The number of hydrogen-bond acceptors (Lipinski definition) is 4. The fraction of sp³-hybridized carbons (Fsp3) is 0.850. The van der Waals surface area contributed by atoms with E-state index < -0.39 is 23.9 Å². The molecular weight excluding hydrogens is 348 g/mol. The minimum absolute atomic E-state index is 0.241. The van der Waals surface area contributed by atoms with Crippen LogP contribution in [0.4, 0.5) is 9.18 Å². The second kappa shape index (κ2) is 6.48. The summed E-state index contributed by atoms with van der Waals surface area (Å²) in [5.74, 6) is 0. The molecule has 0 aromatic rings. The monoisotopic (exact) mass is 381 g/mol. The van der Waals surface area contributed by atoms with E-state index in [4.69, 9.17) is 14.0 Å². The lowest BCUT2D eigenvalue weighted by Crippen LogP contribution is -2.47. The molecule has 27 heavy (non-hydrogen) atoms. The van der Waals surface area contributed by atoms with Crippen LogP contribution in [0.25, 0.3) is 0 Å². The van der Waals surface area contributed by atoms with Gasteiger partial charge in [-0.2, -0.15) is 0 Å². The van der Waals surface area contributed by atoms with Crippen LogP contribution < -0.4 is 0 Å². The number of carbonyl (C=O) groups is 1. The summed E-state index contributed by atoms with van der Waals surface area (Å²) in [4.78, 5) is 14.6. The second-order valence-corrected chi connectivity index (χ2v) is 10.2. The molecule has 0 aromatic carbocycles. The quantitative estimate of drug-likeness (QED) is 0.613. The van der Waals surface area contributed by atoms with Gasteiger partial charge in [-0.15, -0.1) is 0 Å². The first kappa shape index (κ1) is 20.7. The molecule has 152 valence electrons. The number of nitrogens with zero attached hydrogens (tertiary/aromatic N) is 1. The van der Waals surface area contributed by atoms with Crippen LogP contribution in [0.5, 0.6) is 0 Å². The third-order valence-corrected chi connectivity index (χ3v) is 6.41. The first-order valence-electron chi connectivity index (χ1n) is 10.0. The van der Waals surface area contributed by atoms with Gasteiger partial charge >= 0.3 is 13.2 Å². The molecule has 7 heteroatoms. The van der Waals surface area contributed by atoms with Gasteiger partial charge in [-0.25, -0.2) is 9.18 Å². The molecular formula is C20H33BFNO4. The minimum Gasteiger partial charge on any atom is -0.444 e. The standard InChI is InChI=1S/C20H33BFNO4/c1-17(2,3)25-16(24)23-13-14(12-20(23)10-8-9-11-20)15(22)21-26-18(4,5)19(6,7)27-21/h8-13H2,1-7H3. The van der Waals surface area contributed by atoms with Crippen LogP contribution in [0.3, 0.4) is 0 Å². The van der Waals surface area contributed by atoms with Gasteiger partial charge in [0.2, 0.25) is 0 Å². The molecule has 0 atom stereocenters. The summed E-state index contributed by atoms with van der Waals surface area (Å²) < 4.78 is 32.7. The molecule has 1 aliphatic carbocycles. The van der Waals surface area contributed by atoms with Crippen molar-refractivity contribution < 1.29 is 23.2 Å². The van der Waals surface area contributed by atoms with E-state index in [1.807, 2.05) is 48.5 Å². The van der Waals surface area contributed by atoms with E-state index >= 15 is 4.39 Å². The van der Waals surface area contributed by atoms with Crippen LogP contribution in [0.1, 0.15) is 80.6 Å². The molecule has 5 nitrogen and oxygen atoms in total. The van der Waals surface area contributed by atoms with Crippen molar-refractivity contribution in [2.24, 2.45) is 0 Å². The normalized spacial score (nSPS) is 28.1. The average Bonchev–Trinajstić information content (AvgIpc) is 3.16. The Labute approximate surface area is 162 Å². The highest BCUT2D eigenvalue weighted by Gasteiger charge is 2.56. The molecule has 1 spiro atoms. The number of hydrogen-bond donors (Lipinski definition) is 0. The number of amides is 1. The van der Waals surface area contributed by atoms with E-state index in [-0.39, 0.29) is 23.9 Å². The zero-order valence-corrected chi connectivity index (χ0v) is 17.8. The lowest BCUT2D eigenvalue weighted by Gasteiger charge is -2.35. The Kier molecular flexibility index (Phi) is 4.96. The Morgan fingerprint density at radius 2 is 1.63 bits per heavy atom. The van der Waals surface area contributed by atoms with Crippen molar-refractivity contribution in [3.05, 3.63) is 11.3 Å². The summed E-state index contributed by atoms with van der Waals surface area (Å²) >= 11 is 0. The molecule has 0 aromatic heterocycles. The summed E-state index contributed by atoms with van der Waals surface area (Å²) in [6, 6.07) is 0. The molecule has 1 saturated carbocycles. The first-order chi connectivity index (χ1) is 12.3. The van der Waals surface area contributed by atoms with E-state index in [0.29, 0.717) is 12.0 Å². The molecule has 3 fully saturated rings. The maximum Gasteiger partial charge on any atom is 0.525 e. The molecule has 2 saturated heterocycles. The molecule has 2 aliphatic heterocycles. The van der Waals surface area contributed by atoms with E-state index in [1.165, 1.54) is 0 Å². The summed E-state index contributed by atoms with van der Waals surface area (Å²) in [5, 5.41) is 0. The van der Waals surface area contributed by atoms with Crippen molar-refractivity contribution in [3.63, 3.8) is 0 Å². The fourth-order valence-electron chi connectivity index (χ4n) is 4.24.